The van der Waals surface area contributed by atoms with Crippen LogP contribution in [0.5, 0.6) is 0 Å². The summed E-state index contributed by atoms with van der Waals surface area (Å²) in [5, 5.41) is 3.34. The van der Waals surface area contributed by atoms with Crippen LogP contribution in [-0.4, -0.2) is 25.2 Å². The van der Waals surface area contributed by atoms with E-state index in [4.69, 9.17) is 10.5 Å². The molecule has 0 saturated heterocycles. The molecule has 0 aliphatic heterocycles. The van der Waals surface area contributed by atoms with Gasteiger partial charge in [-0.05, 0) is 23.6 Å². The lowest BCUT2D eigenvalue weighted by atomic mass is 10.0. The smallest absolute Gasteiger partial charge is 0.131 e. The predicted molar refractivity (Wildman–Crippen MR) is 82.5 cm³/mol. The number of hydrogen-bond acceptors (Lipinski definition) is 4. The third kappa shape index (κ3) is 3.56. The maximum atomic E-state index is 5.91. The molecule has 4 heteroatoms. The van der Waals surface area contributed by atoms with Crippen LogP contribution in [0.15, 0.2) is 42.6 Å². The summed E-state index contributed by atoms with van der Waals surface area (Å²) in [5.41, 5.74) is 9.27. The first kappa shape index (κ1) is 14.5. The maximum absolute atomic E-state index is 5.91. The molecule has 2 rings (SSSR count). The van der Waals surface area contributed by atoms with Crippen molar-refractivity contribution < 1.29 is 4.74 Å². The van der Waals surface area contributed by atoms with Gasteiger partial charge in [-0.15, -0.1) is 0 Å². The van der Waals surface area contributed by atoms with Crippen LogP contribution in [0.25, 0.3) is 11.1 Å². The summed E-state index contributed by atoms with van der Waals surface area (Å²) in [6.07, 6.45) is 2.76. The summed E-state index contributed by atoms with van der Waals surface area (Å²) in [7, 11) is 1.71. The zero-order valence-electron chi connectivity index (χ0n) is 11.8. The number of aromatic nitrogens is 1. The van der Waals surface area contributed by atoms with Crippen molar-refractivity contribution in [2.24, 2.45) is 5.73 Å². The Labute approximate surface area is 120 Å². The number of nitrogens with one attached hydrogen (secondary N) is 1. The second-order valence-corrected chi connectivity index (χ2v) is 4.53. The van der Waals surface area contributed by atoms with E-state index in [0.717, 1.165) is 42.1 Å². The molecule has 1 heterocycles. The molecule has 0 unspecified atom stereocenters. The van der Waals surface area contributed by atoms with Crippen molar-refractivity contribution in [3.8, 4) is 11.1 Å². The first-order valence-electron chi connectivity index (χ1n) is 6.83. The molecule has 0 aliphatic carbocycles. The monoisotopic (exact) mass is 271 g/mol. The molecule has 3 N–H and O–H groups in total. The molecule has 20 heavy (non-hydrogen) atoms. The van der Waals surface area contributed by atoms with Gasteiger partial charge in [0.15, 0.2) is 0 Å². The quantitative estimate of drug-likeness (QED) is 0.760. The van der Waals surface area contributed by atoms with Crippen LogP contribution < -0.4 is 11.1 Å². The fraction of sp³-hybridized carbons (Fsp3) is 0.312. The number of rotatable bonds is 7. The molecule has 106 valence electrons. The SMILES string of the molecule is COCCCNc1nccc(-c2ccccc2)c1CN. The van der Waals surface area contributed by atoms with Gasteiger partial charge in [0.2, 0.25) is 0 Å². The van der Waals surface area contributed by atoms with E-state index >= 15 is 0 Å². The second-order valence-electron chi connectivity index (χ2n) is 4.53. The fourth-order valence-electron chi connectivity index (χ4n) is 2.16. The van der Waals surface area contributed by atoms with E-state index in [9.17, 15) is 0 Å². The van der Waals surface area contributed by atoms with Gasteiger partial charge in [-0.3, -0.25) is 0 Å². The highest BCUT2D eigenvalue weighted by molar-refractivity contribution is 5.71. The molecule has 0 saturated carbocycles. The Morgan fingerprint density at radius 3 is 2.70 bits per heavy atom. The van der Waals surface area contributed by atoms with Gasteiger partial charge < -0.3 is 15.8 Å². The van der Waals surface area contributed by atoms with Gasteiger partial charge in [0.25, 0.3) is 0 Å². The number of ether oxygens (including phenoxy) is 1. The number of anilines is 1. The van der Waals surface area contributed by atoms with Crippen molar-refractivity contribution in [3.05, 3.63) is 48.2 Å². The Hall–Kier alpha value is -1.91. The normalized spacial score (nSPS) is 10.5. The lowest BCUT2D eigenvalue weighted by molar-refractivity contribution is 0.197. The van der Waals surface area contributed by atoms with Crippen molar-refractivity contribution in [1.82, 2.24) is 4.98 Å². The van der Waals surface area contributed by atoms with Crippen molar-refractivity contribution in [2.75, 3.05) is 25.6 Å². The number of nitrogens with zero attached hydrogens (tertiary/aromatic N) is 1. The van der Waals surface area contributed by atoms with Gasteiger partial charge in [0.05, 0.1) is 0 Å². The molecule has 0 radical (unpaired) electrons. The van der Waals surface area contributed by atoms with Crippen LogP contribution in [0.3, 0.4) is 0 Å². The zero-order valence-corrected chi connectivity index (χ0v) is 11.8. The second kappa shape index (κ2) is 7.62. The number of nitrogens with two attached hydrogens (primary N) is 1. The average Bonchev–Trinajstić information content (AvgIpc) is 2.52. The summed E-state index contributed by atoms with van der Waals surface area (Å²) in [6.45, 7) is 2.03. The molecular weight excluding hydrogens is 250 g/mol. The van der Waals surface area contributed by atoms with Gasteiger partial charge in [-0.1, -0.05) is 30.3 Å². The summed E-state index contributed by atoms with van der Waals surface area (Å²) < 4.78 is 5.04. The average molecular weight is 271 g/mol. The molecule has 4 nitrogen and oxygen atoms in total. The molecule has 0 aliphatic rings. The Morgan fingerprint density at radius 2 is 2.00 bits per heavy atom. The lowest BCUT2D eigenvalue weighted by Crippen LogP contribution is -2.11. The standard InChI is InChI=1S/C16H21N3O/c1-20-11-5-9-18-16-15(12-17)14(8-10-19-16)13-6-3-2-4-7-13/h2-4,6-8,10H,5,9,11-12,17H2,1H3,(H,18,19). The van der Waals surface area contributed by atoms with E-state index in [2.05, 4.69) is 22.4 Å². The van der Waals surface area contributed by atoms with Gasteiger partial charge in [-0.2, -0.15) is 0 Å². The Bertz CT molecular complexity index is 529. The fourth-order valence-corrected chi connectivity index (χ4v) is 2.16. The first-order chi connectivity index (χ1) is 9.86. The van der Waals surface area contributed by atoms with E-state index in [1.165, 1.54) is 0 Å². The topological polar surface area (TPSA) is 60.2 Å². The zero-order chi connectivity index (χ0) is 14.2. The summed E-state index contributed by atoms with van der Waals surface area (Å²) in [5.74, 6) is 0.866. The highest BCUT2D eigenvalue weighted by Crippen LogP contribution is 2.27. The van der Waals surface area contributed by atoms with Crippen molar-refractivity contribution in [3.63, 3.8) is 0 Å². The summed E-state index contributed by atoms with van der Waals surface area (Å²) in [6, 6.07) is 12.3. The molecule has 0 spiro atoms. The van der Waals surface area contributed by atoms with E-state index < -0.39 is 0 Å². The molecule has 1 aromatic carbocycles. The highest BCUT2D eigenvalue weighted by atomic mass is 16.5. The van der Waals surface area contributed by atoms with Crippen LogP contribution in [0, 0.1) is 0 Å². The van der Waals surface area contributed by atoms with Crippen LogP contribution in [0.4, 0.5) is 5.82 Å². The van der Waals surface area contributed by atoms with E-state index in [-0.39, 0.29) is 0 Å². The molecule has 1 aromatic heterocycles. The van der Waals surface area contributed by atoms with Crippen LogP contribution in [-0.2, 0) is 11.3 Å². The van der Waals surface area contributed by atoms with Crippen molar-refractivity contribution in [1.29, 1.82) is 0 Å². The third-order valence-corrected chi connectivity index (χ3v) is 3.16. The van der Waals surface area contributed by atoms with Crippen LogP contribution >= 0.6 is 0 Å². The number of hydrogen-bond donors (Lipinski definition) is 2. The summed E-state index contributed by atoms with van der Waals surface area (Å²) >= 11 is 0. The van der Waals surface area contributed by atoms with Gasteiger partial charge in [0.1, 0.15) is 5.82 Å². The van der Waals surface area contributed by atoms with E-state index in [0.29, 0.717) is 6.54 Å². The minimum Gasteiger partial charge on any atom is -0.385 e. The molecular formula is C16H21N3O. The molecule has 0 amide bonds. The molecule has 0 atom stereocenters. The molecule has 0 fully saturated rings. The first-order valence-corrected chi connectivity index (χ1v) is 6.83. The molecule has 0 bridgehead atoms. The number of benzene rings is 1. The Morgan fingerprint density at radius 1 is 1.20 bits per heavy atom. The molecule has 2 aromatic rings. The largest absolute Gasteiger partial charge is 0.385 e. The van der Waals surface area contributed by atoms with Crippen molar-refractivity contribution in [2.45, 2.75) is 13.0 Å². The third-order valence-electron chi connectivity index (χ3n) is 3.16. The maximum Gasteiger partial charge on any atom is 0.131 e. The van der Waals surface area contributed by atoms with Crippen LogP contribution in [0.1, 0.15) is 12.0 Å². The number of pyridine rings is 1. The van der Waals surface area contributed by atoms with Crippen molar-refractivity contribution >= 4 is 5.82 Å². The highest BCUT2D eigenvalue weighted by Gasteiger charge is 2.09. The Kier molecular flexibility index (Phi) is 5.53. The Balaban J connectivity index is 2.21. The summed E-state index contributed by atoms with van der Waals surface area (Å²) in [4.78, 5) is 4.40. The minimum atomic E-state index is 0.463. The van der Waals surface area contributed by atoms with Gasteiger partial charge in [-0.25, -0.2) is 4.98 Å². The predicted octanol–water partition coefficient (Wildman–Crippen LogP) is 2.66. The number of methoxy groups -OCH3 is 1. The van der Waals surface area contributed by atoms with Crippen LogP contribution in [0.2, 0.25) is 0 Å². The van der Waals surface area contributed by atoms with Gasteiger partial charge >= 0.3 is 0 Å². The minimum absolute atomic E-state index is 0.463. The van der Waals surface area contributed by atoms with E-state index in [1.54, 1.807) is 7.11 Å². The lowest BCUT2D eigenvalue weighted by Gasteiger charge is -2.14. The van der Waals surface area contributed by atoms with E-state index in [1.807, 2.05) is 30.5 Å². The van der Waals surface area contributed by atoms with Gasteiger partial charge in [0, 0.05) is 38.6 Å².